The molecule has 3 rings (SSSR count). The van der Waals surface area contributed by atoms with Gasteiger partial charge in [-0.3, -0.25) is 0 Å². The molecule has 4 nitrogen and oxygen atoms in total. The van der Waals surface area contributed by atoms with Gasteiger partial charge < -0.3 is 10.4 Å². The lowest BCUT2D eigenvalue weighted by Crippen LogP contribution is -2.41. The van der Waals surface area contributed by atoms with Crippen LogP contribution in [0.3, 0.4) is 0 Å². The SMILES string of the molecule is CC1(CNc2ncnc3ccc(F)cc23)CCCCC1O. The van der Waals surface area contributed by atoms with Crippen LogP contribution in [-0.2, 0) is 0 Å². The second-order valence-electron chi connectivity index (χ2n) is 6.15. The van der Waals surface area contributed by atoms with E-state index in [1.807, 2.05) is 0 Å². The van der Waals surface area contributed by atoms with Gasteiger partial charge in [0.1, 0.15) is 18.0 Å². The highest BCUT2D eigenvalue weighted by Crippen LogP contribution is 2.36. The molecule has 2 atom stereocenters. The average Bonchev–Trinajstić information content (AvgIpc) is 2.48. The molecule has 2 N–H and O–H groups in total. The van der Waals surface area contributed by atoms with Gasteiger partial charge in [0.15, 0.2) is 0 Å². The lowest BCUT2D eigenvalue weighted by molar-refractivity contribution is 0.00960. The zero-order valence-electron chi connectivity index (χ0n) is 12.1. The van der Waals surface area contributed by atoms with Crippen LogP contribution >= 0.6 is 0 Å². The van der Waals surface area contributed by atoms with Gasteiger partial charge in [-0.25, -0.2) is 14.4 Å². The van der Waals surface area contributed by atoms with E-state index in [0.717, 1.165) is 25.7 Å². The Morgan fingerprint density at radius 3 is 3.05 bits per heavy atom. The lowest BCUT2D eigenvalue weighted by Gasteiger charge is -2.38. The van der Waals surface area contributed by atoms with Crippen molar-refractivity contribution in [2.75, 3.05) is 11.9 Å². The third kappa shape index (κ3) is 2.83. The minimum absolute atomic E-state index is 0.164. The van der Waals surface area contributed by atoms with E-state index in [0.29, 0.717) is 23.3 Å². The Bertz CT molecular complexity index is 648. The first kappa shape index (κ1) is 14.2. The van der Waals surface area contributed by atoms with Gasteiger partial charge in [-0.1, -0.05) is 19.8 Å². The van der Waals surface area contributed by atoms with Gasteiger partial charge in [0.05, 0.1) is 11.6 Å². The van der Waals surface area contributed by atoms with Gasteiger partial charge >= 0.3 is 0 Å². The number of anilines is 1. The van der Waals surface area contributed by atoms with Crippen molar-refractivity contribution in [2.45, 2.75) is 38.7 Å². The van der Waals surface area contributed by atoms with E-state index in [1.54, 1.807) is 6.07 Å². The summed E-state index contributed by atoms with van der Waals surface area (Å²) in [5.41, 5.74) is 0.547. The Morgan fingerprint density at radius 2 is 2.24 bits per heavy atom. The van der Waals surface area contributed by atoms with E-state index in [9.17, 15) is 9.50 Å². The maximum atomic E-state index is 13.4. The lowest BCUT2D eigenvalue weighted by atomic mass is 9.73. The fourth-order valence-corrected chi connectivity index (χ4v) is 3.04. The first-order chi connectivity index (χ1) is 10.1. The molecule has 1 aliphatic carbocycles. The van der Waals surface area contributed by atoms with Crippen molar-refractivity contribution in [1.82, 2.24) is 9.97 Å². The maximum absolute atomic E-state index is 13.4. The Hall–Kier alpha value is -1.75. The van der Waals surface area contributed by atoms with Crippen molar-refractivity contribution in [3.63, 3.8) is 0 Å². The maximum Gasteiger partial charge on any atom is 0.137 e. The molecule has 1 fully saturated rings. The zero-order chi connectivity index (χ0) is 14.9. The summed E-state index contributed by atoms with van der Waals surface area (Å²) in [7, 11) is 0. The fourth-order valence-electron chi connectivity index (χ4n) is 3.04. The Morgan fingerprint density at radius 1 is 1.38 bits per heavy atom. The van der Waals surface area contributed by atoms with E-state index in [4.69, 9.17) is 0 Å². The van der Waals surface area contributed by atoms with Crippen LogP contribution in [0.15, 0.2) is 24.5 Å². The zero-order valence-corrected chi connectivity index (χ0v) is 12.1. The summed E-state index contributed by atoms with van der Waals surface area (Å²) < 4.78 is 13.4. The third-order valence-electron chi connectivity index (χ3n) is 4.54. The summed E-state index contributed by atoms with van der Waals surface area (Å²) in [5, 5.41) is 14.2. The first-order valence-corrected chi connectivity index (χ1v) is 7.41. The summed E-state index contributed by atoms with van der Waals surface area (Å²) in [6.45, 7) is 2.71. The summed E-state index contributed by atoms with van der Waals surface area (Å²) in [4.78, 5) is 8.36. The molecule has 21 heavy (non-hydrogen) atoms. The molecule has 112 valence electrons. The Balaban J connectivity index is 1.83. The molecular formula is C16H20FN3O. The van der Waals surface area contributed by atoms with Crippen LogP contribution < -0.4 is 5.32 Å². The molecule has 2 aromatic rings. The second kappa shape index (κ2) is 5.56. The quantitative estimate of drug-likeness (QED) is 0.911. The molecule has 1 heterocycles. The summed E-state index contributed by atoms with van der Waals surface area (Å²) >= 11 is 0. The number of nitrogens with one attached hydrogen (secondary N) is 1. The molecule has 0 radical (unpaired) electrons. The number of hydrogen-bond acceptors (Lipinski definition) is 4. The normalized spacial score (nSPS) is 26.0. The number of fused-ring (bicyclic) bond motifs is 1. The van der Waals surface area contributed by atoms with Crippen molar-refractivity contribution >= 4 is 16.7 Å². The van der Waals surface area contributed by atoms with Gasteiger partial charge in [-0.2, -0.15) is 0 Å². The smallest absolute Gasteiger partial charge is 0.137 e. The van der Waals surface area contributed by atoms with Crippen LogP contribution in [0, 0.1) is 11.2 Å². The molecule has 1 aliphatic rings. The molecule has 1 saturated carbocycles. The molecule has 1 aromatic carbocycles. The number of aliphatic hydroxyl groups is 1. The highest BCUT2D eigenvalue weighted by molar-refractivity contribution is 5.88. The molecule has 0 spiro atoms. The van der Waals surface area contributed by atoms with Crippen LogP contribution in [0.4, 0.5) is 10.2 Å². The van der Waals surface area contributed by atoms with Crippen LogP contribution in [-0.4, -0.2) is 27.7 Å². The number of rotatable bonds is 3. The van der Waals surface area contributed by atoms with Crippen LogP contribution in [0.2, 0.25) is 0 Å². The number of benzene rings is 1. The summed E-state index contributed by atoms with van der Waals surface area (Å²) in [6, 6.07) is 4.48. The highest BCUT2D eigenvalue weighted by atomic mass is 19.1. The summed E-state index contributed by atoms with van der Waals surface area (Å²) in [5.74, 6) is 0.322. The monoisotopic (exact) mass is 289 g/mol. The molecule has 2 unspecified atom stereocenters. The van der Waals surface area contributed by atoms with Crippen molar-refractivity contribution in [3.8, 4) is 0 Å². The number of aliphatic hydroxyl groups excluding tert-OH is 1. The Labute approximate surface area is 123 Å². The van der Waals surface area contributed by atoms with E-state index in [1.165, 1.54) is 18.5 Å². The molecule has 0 saturated heterocycles. The predicted octanol–water partition coefficient (Wildman–Crippen LogP) is 3.12. The minimum Gasteiger partial charge on any atom is -0.392 e. The predicted molar refractivity (Wildman–Crippen MR) is 80.6 cm³/mol. The van der Waals surface area contributed by atoms with E-state index in [-0.39, 0.29) is 17.3 Å². The molecular weight excluding hydrogens is 269 g/mol. The van der Waals surface area contributed by atoms with Crippen molar-refractivity contribution < 1.29 is 9.50 Å². The number of hydrogen-bond donors (Lipinski definition) is 2. The summed E-state index contributed by atoms with van der Waals surface area (Å²) in [6.07, 6.45) is 5.22. The van der Waals surface area contributed by atoms with Gasteiger partial charge in [0.25, 0.3) is 0 Å². The van der Waals surface area contributed by atoms with Crippen molar-refractivity contribution in [1.29, 1.82) is 0 Å². The van der Waals surface area contributed by atoms with E-state index >= 15 is 0 Å². The number of halogens is 1. The van der Waals surface area contributed by atoms with Crippen LogP contribution in [0.1, 0.15) is 32.6 Å². The number of nitrogens with zero attached hydrogens (tertiary/aromatic N) is 2. The largest absolute Gasteiger partial charge is 0.392 e. The van der Waals surface area contributed by atoms with Crippen LogP contribution in [0.5, 0.6) is 0 Å². The van der Waals surface area contributed by atoms with E-state index in [2.05, 4.69) is 22.2 Å². The molecule has 1 aromatic heterocycles. The Kier molecular flexibility index (Phi) is 3.76. The highest BCUT2D eigenvalue weighted by Gasteiger charge is 2.35. The molecule has 5 heteroatoms. The van der Waals surface area contributed by atoms with Gasteiger partial charge in [0, 0.05) is 17.3 Å². The second-order valence-corrected chi connectivity index (χ2v) is 6.15. The third-order valence-corrected chi connectivity index (χ3v) is 4.54. The van der Waals surface area contributed by atoms with Gasteiger partial charge in [-0.15, -0.1) is 0 Å². The van der Waals surface area contributed by atoms with Gasteiger partial charge in [0.2, 0.25) is 0 Å². The average molecular weight is 289 g/mol. The molecule has 0 aliphatic heterocycles. The standard InChI is InChI=1S/C16H20FN3O/c1-16(7-3-2-4-14(16)21)9-18-15-12-8-11(17)5-6-13(12)19-10-20-15/h5-6,8,10,14,21H,2-4,7,9H2,1H3,(H,18,19,20). The first-order valence-electron chi connectivity index (χ1n) is 7.41. The number of aromatic nitrogens is 2. The van der Waals surface area contributed by atoms with Crippen molar-refractivity contribution in [3.05, 3.63) is 30.3 Å². The fraction of sp³-hybridized carbons (Fsp3) is 0.500. The topological polar surface area (TPSA) is 58.0 Å². The van der Waals surface area contributed by atoms with Gasteiger partial charge in [-0.05, 0) is 31.0 Å². The van der Waals surface area contributed by atoms with Crippen LogP contribution in [0.25, 0.3) is 10.9 Å². The van der Waals surface area contributed by atoms with E-state index < -0.39 is 0 Å². The molecule has 0 amide bonds. The van der Waals surface area contributed by atoms with Crippen molar-refractivity contribution in [2.24, 2.45) is 5.41 Å². The minimum atomic E-state index is -0.302. The molecule has 0 bridgehead atoms.